The van der Waals surface area contributed by atoms with Gasteiger partial charge in [-0.25, -0.2) is 0 Å². The van der Waals surface area contributed by atoms with E-state index < -0.39 is 0 Å². The van der Waals surface area contributed by atoms with E-state index in [1.807, 2.05) is 24.3 Å². The molecule has 2 fully saturated rings. The lowest BCUT2D eigenvalue weighted by Crippen LogP contribution is -2.40. The number of esters is 1. The SMILES string of the molecule is CCOC(=O)C1CCN(C(=O)CCc2nnc(-c3ccc(OCC4CCC4)cc3)[nH]c2=O)CC1. The molecule has 0 radical (unpaired) electrons. The fraction of sp³-hybridized carbons (Fsp3) is 0.560. The third-order valence-electron chi connectivity index (χ3n) is 6.65. The number of ether oxygens (including phenoxy) is 2. The Morgan fingerprint density at radius 1 is 1.09 bits per heavy atom. The normalized spacial score (nSPS) is 16.7. The van der Waals surface area contributed by atoms with E-state index in [1.165, 1.54) is 19.3 Å². The number of nitrogens with zero attached hydrogens (tertiary/aromatic N) is 3. The van der Waals surface area contributed by atoms with Gasteiger partial charge in [0.05, 0.1) is 19.1 Å². The zero-order valence-corrected chi connectivity index (χ0v) is 19.6. The second-order valence-corrected chi connectivity index (χ2v) is 8.99. The van der Waals surface area contributed by atoms with Crippen LogP contribution < -0.4 is 10.3 Å². The first kappa shape index (κ1) is 23.9. The van der Waals surface area contributed by atoms with Crippen LogP contribution in [0, 0.1) is 11.8 Å². The number of nitrogens with one attached hydrogen (secondary N) is 1. The second kappa shape index (κ2) is 11.3. The summed E-state index contributed by atoms with van der Waals surface area (Å²) in [5.41, 5.74) is 0.635. The van der Waals surface area contributed by atoms with E-state index in [-0.39, 0.29) is 41.9 Å². The van der Waals surface area contributed by atoms with Crippen LogP contribution in [0.2, 0.25) is 0 Å². The van der Waals surface area contributed by atoms with E-state index in [4.69, 9.17) is 9.47 Å². The van der Waals surface area contributed by atoms with Crippen molar-refractivity contribution >= 4 is 11.9 Å². The van der Waals surface area contributed by atoms with Gasteiger partial charge in [0.1, 0.15) is 11.4 Å². The van der Waals surface area contributed by atoms with Gasteiger partial charge in [0.15, 0.2) is 5.82 Å². The third kappa shape index (κ3) is 6.01. The summed E-state index contributed by atoms with van der Waals surface area (Å²) in [6, 6.07) is 7.43. The fourth-order valence-corrected chi connectivity index (χ4v) is 4.24. The van der Waals surface area contributed by atoms with Crippen LogP contribution in [0.1, 0.15) is 51.1 Å². The predicted octanol–water partition coefficient (Wildman–Crippen LogP) is 2.75. The van der Waals surface area contributed by atoms with Gasteiger partial charge in [0.25, 0.3) is 5.56 Å². The average molecular weight is 469 g/mol. The Kier molecular flexibility index (Phi) is 7.92. The molecule has 0 bridgehead atoms. The standard InChI is InChI=1S/C25H32N4O5/c1-2-33-25(32)19-12-14-29(15-13-19)22(30)11-10-21-24(31)26-23(28-27-21)18-6-8-20(9-7-18)34-16-17-4-3-5-17/h6-9,17,19H,2-5,10-16H2,1H3,(H,26,28,31). The van der Waals surface area contributed by atoms with E-state index in [2.05, 4.69) is 15.2 Å². The maximum Gasteiger partial charge on any atom is 0.309 e. The van der Waals surface area contributed by atoms with E-state index in [1.54, 1.807) is 11.8 Å². The molecule has 1 saturated carbocycles. The van der Waals surface area contributed by atoms with Gasteiger partial charge in [-0.3, -0.25) is 14.4 Å². The molecular weight excluding hydrogens is 436 g/mol. The van der Waals surface area contributed by atoms with E-state index in [0.29, 0.717) is 44.3 Å². The quantitative estimate of drug-likeness (QED) is 0.563. The van der Waals surface area contributed by atoms with Crippen LogP contribution in [0.25, 0.3) is 11.4 Å². The predicted molar refractivity (Wildman–Crippen MR) is 125 cm³/mol. The van der Waals surface area contributed by atoms with Gasteiger partial charge in [-0.1, -0.05) is 6.42 Å². The number of hydrogen-bond acceptors (Lipinski definition) is 7. The molecule has 0 unspecified atom stereocenters. The zero-order valence-electron chi connectivity index (χ0n) is 19.6. The maximum atomic E-state index is 12.6. The van der Waals surface area contributed by atoms with Crippen LogP contribution in [0.5, 0.6) is 5.75 Å². The number of piperidine rings is 1. The number of likely N-dealkylation sites (tertiary alicyclic amines) is 1. The minimum atomic E-state index is -0.343. The largest absolute Gasteiger partial charge is 0.493 e. The monoisotopic (exact) mass is 468 g/mol. The van der Waals surface area contributed by atoms with Crippen molar-refractivity contribution in [1.82, 2.24) is 20.1 Å². The molecule has 0 atom stereocenters. The van der Waals surface area contributed by atoms with Gasteiger partial charge in [-0.15, -0.1) is 10.2 Å². The first-order chi connectivity index (χ1) is 16.5. The van der Waals surface area contributed by atoms with Crippen LogP contribution >= 0.6 is 0 Å². The Morgan fingerprint density at radius 3 is 2.44 bits per heavy atom. The number of benzene rings is 1. The summed E-state index contributed by atoms with van der Waals surface area (Å²) >= 11 is 0. The van der Waals surface area contributed by atoms with Gasteiger partial charge in [-0.2, -0.15) is 0 Å². The summed E-state index contributed by atoms with van der Waals surface area (Å²) in [7, 11) is 0. The minimum absolute atomic E-state index is 0.0509. The summed E-state index contributed by atoms with van der Waals surface area (Å²) in [6.07, 6.45) is 5.36. The topological polar surface area (TPSA) is 114 Å². The molecule has 1 aromatic carbocycles. The van der Waals surface area contributed by atoms with Gasteiger partial charge in [-0.05, 0) is 62.8 Å². The molecular formula is C25H32N4O5. The van der Waals surface area contributed by atoms with Crippen LogP contribution in [-0.4, -0.2) is 58.3 Å². The highest BCUT2D eigenvalue weighted by Crippen LogP contribution is 2.27. The van der Waals surface area contributed by atoms with E-state index in [9.17, 15) is 14.4 Å². The van der Waals surface area contributed by atoms with Crippen molar-refractivity contribution in [1.29, 1.82) is 0 Å². The number of aromatic nitrogens is 3. The highest BCUT2D eigenvalue weighted by Gasteiger charge is 2.28. The molecule has 0 spiro atoms. The number of carbonyl (C=O) groups is 2. The molecule has 1 N–H and O–H groups in total. The van der Waals surface area contributed by atoms with E-state index >= 15 is 0 Å². The lowest BCUT2D eigenvalue weighted by molar-refractivity contribution is -0.151. The lowest BCUT2D eigenvalue weighted by atomic mass is 9.86. The smallest absolute Gasteiger partial charge is 0.309 e. The van der Waals surface area contributed by atoms with Crippen molar-refractivity contribution in [3.8, 4) is 17.1 Å². The molecule has 1 aliphatic heterocycles. The highest BCUT2D eigenvalue weighted by atomic mass is 16.5. The number of carbonyl (C=O) groups excluding carboxylic acids is 2. The molecule has 9 heteroatoms. The molecule has 1 aliphatic carbocycles. The highest BCUT2D eigenvalue weighted by molar-refractivity contribution is 5.77. The Bertz CT molecular complexity index is 1040. The van der Waals surface area contributed by atoms with Crippen LogP contribution in [0.3, 0.4) is 0 Å². The maximum absolute atomic E-state index is 12.6. The van der Waals surface area contributed by atoms with Crippen LogP contribution in [0.4, 0.5) is 0 Å². The molecule has 182 valence electrons. The Labute approximate surface area is 198 Å². The summed E-state index contributed by atoms with van der Waals surface area (Å²) in [5.74, 6) is 1.46. The van der Waals surface area contributed by atoms with Gasteiger partial charge < -0.3 is 19.4 Å². The van der Waals surface area contributed by atoms with Crippen molar-refractivity contribution in [3.05, 3.63) is 40.3 Å². The lowest BCUT2D eigenvalue weighted by Gasteiger charge is -2.30. The van der Waals surface area contributed by atoms with Crippen molar-refractivity contribution in [2.45, 2.75) is 51.9 Å². The van der Waals surface area contributed by atoms with E-state index in [0.717, 1.165) is 17.9 Å². The van der Waals surface area contributed by atoms with Gasteiger partial charge in [0, 0.05) is 31.5 Å². The number of hydrogen-bond donors (Lipinski definition) is 1. The zero-order chi connectivity index (χ0) is 23.9. The minimum Gasteiger partial charge on any atom is -0.493 e. The molecule has 1 amide bonds. The van der Waals surface area contributed by atoms with Gasteiger partial charge >= 0.3 is 5.97 Å². The summed E-state index contributed by atoms with van der Waals surface area (Å²) in [5, 5.41) is 8.22. The Hall–Kier alpha value is -3.23. The van der Waals surface area contributed by atoms with Crippen molar-refractivity contribution in [2.24, 2.45) is 11.8 Å². The number of aryl methyl sites for hydroxylation is 1. The second-order valence-electron chi connectivity index (χ2n) is 8.99. The van der Waals surface area contributed by atoms with Crippen molar-refractivity contribution < 1.29 is 19.1 Å². The Balaban J connectivity index is 1.26. The molecule has 34 heavy (non-hydrogen) atoms. The van der Waals surface area contributed by atoms with Crippen molar-refractivity contribution in [2.75, 3.05) is 26.3 Å². The summed E-state index contributed by atoms with van der Waals surface area (Å²) < 4.78 is 10.9. The molecule has 4 rings (SSSR count). The molecule has 2 aromatic rings. The number of H-pyrrole nitrogens is 1. The molecule has 9 nitrogen and oxygen atoms in total. The van der Waals surface area contributed by atoms with Gasteiger partial charge in [0.2, 0.25) is 5.91 Å². The summed E-state index contributed by atoms with van der Waals surface area (Å²) in [4.78, 5) is 41.4. The van der Waals surface area contributed by atoms with Crippen LogP contribution in [0.15, 0.2) is 29.1 Å². The first-order valence-electron chi connectivity index (χ1n) is 12.2. The fourth-order valence-electron chi connectivity index (χ4n) is 4.24. The average Bonchev–Trinajstić information content (AvgIpc) is 2.83. The van der Waals surface area contributed by atoms with Crippen LogP contribution in [-0.2, 0) is 20.7 Å². The molecule has 1 aromatic heterocycles. The Morgan fingerprint density at radius 2 is 1.82 bits per heavy atom. The molecule has 1 saturated heterocycles. The number of aromatic amines is 1. The first-order valence-corrected chi connectivity index (χ1v) is 12.2. The molecule has 2 aliphatic rings. The molecule has 2 heterocycles. The number of amides is 1. The third-order valence-corrected chi connectivity index (χ3v) is 6.65. The number of rotatable bonds is 9. The summed E-state index contributed by atoms with van der Waals surface area (Å²) in [6.45, 7) is 3.93. The van der Waals surface area contributed by atoms with Crippen molar-refractivity contribution in [3.63, 3.8) is 0 Å².